The van der Waals surface area contributed by atoms with E-state index in [0.717, 1.165) is 5.71 Å². The molecule has 0 heterocycles. The fraction of sp³-hybridized carbons (Fsp3) is 0.625. The molecule has 0 rings (SSSR count). The topological polar surface area (TPSA) is 12.4 Å². The van der Waals surface area contributed by atoms with Crippen LogP contribution in [0.1, 0.15) is 34.6 Å². The minimum absolute atomic E-state index is 1.10. The predicted octanol–water partition coefficient (Wildman–Crippen LogP) is 3.68. The highest BCUT2D eigenvalue weighted by Crippen LogP contribution is 2.02. The molecular formula is C8H17NS. The Morgan fingerprint density at radius 2 is 1.80 bits per heavy atom. The van der Waals surface area contributed by atoms with E-state index < -0.39 is 0 Å². The molecule has 1 nitrogen and oxygen atoms in total. The molecule has 0 aliphatic carbocycles. The van der Waals surface area contributed by atoms with Crippen molar-refractivity contribution in [2.24, 2.45) is 4.40 Å². The number of hydrogen-bond acceptors (Lipinski definition) is 2. The molecule has 0 saturated carbocycles. The number of allylic oxidation sites excluding steroid dienone is 1. The summed E-state index contributed by atoms with van der Waals surface area (Å²) in [5, 5.41) is 1.95. The predicted molar refractivity (Wildman–Crippen MR) is 52.5 cm³/mol. The van der Waals surface area contributed by atoms with Crippen molar-refractivity contribution in [2.45, 2.75) is 34.6 Å². The maximum atomic E-state index is 4.06. The van der Waals surface area contributed by atoms with Crippen LogP contribution in [0.5, 0.6) is 0 Å². The van der Waals surface area contributed by atoms with Gasteiger partial charge in [0, 0.05) is 17.7 Å². The summed E-state index contributed by atoms with van der Waals surface area (Å²) in [6.07, 6.45) is 1.97. The van der Waals surface area contributed by atoms with Crippen molar-refractivity contribution in [1.29, 1.82) is 0 Å². The van der Waals surface area contributed by atoms with Crippen molar-refractivity contribution in [3.05, 3.63) is 11.5 Å². The first-order valence-corrected chi connectivity index (χ1v) is 4.39. The largest absolute Gasteiger partial charge is 0.222 e. The molecule has 0 saturated heterocycles. The normalized spacial score (nSPS) is 8.50. The lowest BCUT2D eigenvalue weighted by Crippen LogP contribution is -1.72. The molecule has 0 unspecified atom stereocenters. The summed E-state index contributed by atoms with van der Waals surface area (Å²) in [4.78, 5) is 0. The van der Waals surface area contributed by atoms with Crippen molar-refractivity contribution in [2.75, 3.05) is 0 Å². The second-order valence-electron chi connectivity index (χ2n) is 1.61. The molecule has 0 bridgehead atoms. The molecule has 10 heavy (non-hydrogen) atoms. The van der Waals surface area contributed by atoms with Gasteiger partial charge in [-0.15, -0.1) is 0 Å². The van der Waals surface area contributed by atoms with E-state index in [1.165, 1.54) is 11.9 Å². The van der Waals surface area contributed by atoms with Gasteiger partial charge < -0.3 is 0 Å². The monoisotopic (exact) mass is 159 g/mol. The summed E-state index contributed by atoms with van der Waals surface area (Å²) >= 11 is 1.47. The Morgan fingerprint density at radius 3 is 2.10 bits per heavy atom. The number of hydrogen-bond donors (Lipinski definition) is 0. The molecular weight excluding hydrogens is 142 g/mol. The SMILES string of the molecule is C/C=C\SN=C(C)C.CC. The number of rotatable bonds is 2. The highest BCUT2D eigenvalue weighted by molar-refractivity contribution is 8.01. The van der Waals surface area contributed by atoms with E-state index in [0.29, 0.717) is 0 Å². The Kier molecular flexibility index (Phi) is 14.4. The van der Waals surface area contributed by atoms with Crippen LogP contribution in [0.3, 0.4) is 0 Å². The van der Waals surface area contributed by atoms with Gasteiger partial charge in [-0.1, -0.05) is 19.9 Å². The maximum Gasteiger partial charge on any atom is 0.0204 e. The molecule has 0 radical (unpaired) electrons. The molecule has 0 fully saturated rings. The van der Waals surface area contributed by atoms with Crippen LogP contribution >= 0.6 is 11.9 Å². The van der Waals surface area contributed by atoms with Crippen molar-refractivity contribution < 1.29 is 0 Å². The molecule has 2 heteroatoms. The van der Waals surface area contributed by atoms with Crippen LogP contribution in [0.15, 0.2) is 15.9 Å². The minimum Gasteiger partial charge on any atom is -0.222 e. The second-order valence-corrected chi connectivity index (χ2v) is 2.28. The van der Waals surface area contributed by atoms with Crippen molar-refractivity contribution in [3.63, 3.8) is 0 Å². The fourth-order valence-electron chi connectivity index (χ4n) is 0.197. The molecule has 0 amide bonds. The van der Waals surface area contributed by atoms with Crippen LogP contribution in [0.25, 0.3) is 0 Å². The molecule has 0 atom stereocenters. The maximum absolute atomic E-state index is 4.06. The third kappa shape index (κ3) is 15.7. The standard InChI is InChI=1S/C6H11NS.C2H6/c1-4-5-8-7-6(2)3;1-2/h4-5H,1-3H3;1-2H3/b5-4-;. The van der Waals surface area contributed by atoms with Gasteiger partial charge in [0.15, 0.2) is 0 Å². The Hall–Kier alpha value is -0.240. The van der Waals surface area contributed by atoms with E-state index in [9.17, 15) is 0 Å². The summed E-state index contributed by atoms with van der Waals surface area (Å²) in [6, 6.07) is 0. The molecule has 0 aliphatic rings. The van der Waals surface area contributed by atoms with Crippen LogP contribution in [-0.2, 0) is 0 Å². The van der Waals surface area contributed by atoms with E-state index in [-0.39, 0.29) is 0 Å². The summed E-state index contributed by atoms with van der Waals surface area (Å²) in [6.45, 7) is 9.94. The first kappa shape index (κ1) is 12.4. The lowest BCUT2D eigenvalue weighted by molar-refractivity contribution is 1.50. The summed E-state index contributed by atoms with van der Waals surface area (Å²) in [5.41, 5.74) is 1.10. The molecule has 0 N–H and O–H groups in total. The second kappa shape index (κ2) is 11.5. The molecule has 0 aromatic heterocycles. The van der Waals surface area contributed by atoms with Gasteiger partial charge in [-0.3, -0.25) is 0 Å². The zero-order valence-electron chi connectivity index (χ0n) is 7.51. The molecule has 0 aliphatic heterocycles. The number of nitrogens with zero attached hydrogens (tertiary/aromatic N) is 1. The van der Waals surface area contributed by atoms with E-state index in [1.54, 1.807) is 0 Å². The third-order valence-electron chi connectivity index (χ3n) is 0.432. The van der Waals surface area contributed by atoms with Crippen molar-refractivity contribution in [3.8, 4) is 0 Å². The highest BCUT2D eigenvalue weighted by atomic mass is 32.2. The average molecular weight is 159 g/mol. The van der Waals surface area contributed by atoms with Crippen molar-refractivity contribution >= 4 is 17.7 Å². The quantitative estimate of drug-likeness (QED) is 0.442. The van der Waals surface area contributed by atoms with Crippen LogP contribution in [0.2, 0.25) is 0 Å². The third-order valence-corrected chi connectivity index (χ3v) is 1.30. The first-order chi connectivity index (χ1) is 4.77. The Balaban J connectivity index is 0. The van der Waals surface area contributed by atoms with Crippen LogP contribution in [0.4, 0.5) is 0 Å². The van der Waals surface area contributed by atoms with E-state index >= 15 is 0 Å². The summed E-state index contributed by atoms with van der Waals surface area (Å²) < 4.78 is 4.06. The highest BCUT2D eigenvalue weighted by Gasteiger charge is 1.72. The van der Waals surface area contributed by atoms with Crippen molar-refractivity contribution in [1.82, 2.24) is 0 Å². The molecule has 0 aromatic rings. The molecule has 60 valence electrons. The lowest BCUT2D eigenvalue weighted by Gasteiger charge is -1.82. The fourth-order valence-corrected chi connectivity index (χ4v) is 0.590. The minimum atomic E-state index is 1.10. The molecule has 0 aromatic carbocycles. The average Bonchev–Trinajstić information content (AvgIpc) is 1.92. The first-order valence-electron chi connectivity index (χ1n) is 3.55. The molecule has 0 spiro atoms. The van der Waals surface area contributed by atoms with Gasteiger partial charge in [-0.2, -0.15) is 0 Å². The Morgan fingerprint density at radius 1 is 1.30 bits per heavy atom. The van der Waals surface area contributed by atoms with Gasteiger partial charge in [0.2, 0.25) is 0 Å². The smallest absolute Gasteiger partial charge is 0.0204 e. The van der Waals surface area contributed by atoms with Gasteiger partial charge in [0.05, 0.1) is 0 Å². The van der Waals surface area contributed by atoms with Crippen LogP contribution < -0.4 is 0 Å². The van der Waals surface area contributed by atoms with Gasteiger partial charge in [-0.05, 0) is 26.2 Å². The van der Waals surface area contributed by atoms with E-state index in [4.69, 9.17) is 0 Å². The zero-order chi connectivity index (χ0) is 8.41. The summed E-state index contributed by atoms with van der Waals surface area (Å²) in [7, 11) is 0. The zero-order valence-corrected chi connectivity index (χ0v) is 8.33. The lowest BCUT2D eigenvalue weighted by atomic mass is 10.5. The van der Waals surface area contributed by atoms with Gasteiger partial charge in [-0.25, -0.2) is 4.40 Å². The summed E-state index contributed by atoms with van der Waals surface area (Å²) in [5.74, 6) is 0. The van der Waals surface area contributed by atoms with Crippen LogP contribution in [0, 0.1) is 0 Å². The van der Waals surface area contributed by atoms with Gasteiger partial charge in [0.1, 0.15) is 0 Å². The van der Waals surface area contributed by atoms with Gasteiger partial charge in [0.25, 0.3) is 0 Å². The Labute approximate surface area is 68.8 Å². The van der Waals surface area contributed by atoms with E-state index in [1.807, 2.05) is 46.1 Å². The van der Waals surface area contributed by atoms with Gasteiger partial charge >= 0.3 is 0 Å². The Bertz CT molecular complexity index is 102. The van der Waals surface area contributed by atoms with E-state index in [2.05, 4.69) is 4.40 Å². The van der Waals surface area contributed by atoms with Crippen LogP contribution in [-0.4, -0.2) is 5.71 Å².